The first-order chi connectivity index (χ1) is 12.4. The lowest BCUT2D eigenvalue weighted by Crippen LogP contribution is -2.27. The minimum absolute atomic E-state index is 0.0606. The van der Waals surface area contributed by atoms with Gasteiger partial charge in [0.05, 0.1) is 9.79 Å². The molecule has 0 bridgehead atoms. The van der Waals surface area contributed by atoms with Crippen LogP contribution in [0.1, 0.15) is 5.56 Å². The number of fused-ring (bicyclic) bond motifs is 1. The van der Waals surface area contributed by atoms with Crippen molar-refractivity contribution in [2.75, 3.05) is 6.26 Å². The van der Waals surface area contributed by atoms with E-state index in [0.717, 1.165) is 20.1 Å². The number of benzene rings is 2. The molecule has 0 unspecified atom stereocenters. The maximum atomic E-state index is 11.0. The van der Waals surface area contributed by atoms with Gasteiger partial charge < -0.3 is 4.55 Å². The largest absolute Gasteiger partial charge is 0.744 e. The van der Waals surface area contributed by atoms with Gasteiger partial charge in [-0.25, -0.2) is 8.42 Å². The van der Waals surface area contributed by atoms with Gasteiger partial charge in [-0.2, -0.15) is 13.0 Å². The van der Waals surface area contributed by atoms with Gasteiger partial charge >= 0.3 is 0 Å². The molecular weight excluding hydrogens is 430 g/mol. The molecule has 1 heterocycles. The maximum Gasteiger partial charge on any atom is 0.297 e. The second-order valence-electron chi connectivity index (χ2n) is 5.50. The number of hydrogen-bond acceptors (Lipinski definition) is 7. The fourth-order valence-corrected chi connectivity index (χ4v) is 5.10. The van der Waals surface area contributed by atoms with Crippen LogP contribution in [0, 0.1) is 6.92 Å². The van der Waals surface area contributed by atoms with E-state index in [2.05, 4.69) is 0 Å². The van der Waals surface area contributed by atoms with Gasteiger partial charge in [0.1, 0.15) is 21.9 Å². The summed E-state index contributed by atoms with van der Waals surface area (Å²) in [5.74, 6) is 0. The number of rotatable bonds is 3. The molecule has 0 spiro atoms. The second kappa shape index (κ2) is 8.25. The fraction of sp³-hybridized carbons (Fsp3) is 0.188. The quantitative estimate of drug-likeness (QED) is 0.373. The van der Waals surface area contributed by atoms with E-state index in [1.54, 1.807) is 30.0 Å². The fourth-order valence-electron chi connectivity index (χ4n) is 2.16. The predicted molar refractivity (Wildman–Crippen MR) is 104 cm³/mol. The Morgan fingerprint density at radius 3 is 2.07 bits per heavy atom. The highest BCUT2D eigenvalue weighted by Gasteiger charge is 2.19. The van der Waals surface area contributed by atoms with Crippen molar-refractivity contribution in [2.45, 2.75) is 21.1 Å². The Hall–Kier alpha value is -1.50. The molecule has 1 N–H and O–H groups in total. The van der Waals surface area contributed by atoms with Crippen LogP contribution in [0.5, 0.6) is 0 Å². The predicted octanol–water partition coefficient (Wildman–Crippen LogP) is 2.59. The molecule has 7 nitrogen and oxygen atoms in total. The van der Waals surface area contributed by atoms with Gasteiger partial charge in [-0.3, -0.25) is 4.55 Å². The summed E-state index contributed by atoms with van der Waals surface area (Å²) in [7, 11) is -6.46. The highest BCUT2D eigenvalue weighted by atomic mass is 32.2. The van der Waals surface area contributed by atoms with Crippen molar-refractivity contribution in [2.24, 2.45) is 7.05 Å². The molecule has 0 aliphatic heterocycles. The number of hydrogen-bond donors (Lipinski definition) is 1. The Morgan fingerprint density at radius 1 is 1.04 bits per heavy atom. The number of aromatic nitrogens is 1. The van der Waals surface area contributed by atoms with Crippen LogP contribution in [0.3, 0.4) is 0 Å². The van der Waals surface area contributed by atoms with Crippen LogP contribution < -0.4 is 4.57 Å². The third-order valence-corrected chi connectivity index (χ3v) is 7.61. The number of thiazole rings is 1. The van der Waals surface area contributed by atoms with E-state index < -0.39 is 20.2 Å². The Balaban J connectivity index is 0.000000208. The van der Waals surface area contributed by atoms with E-state index in [9.17, 15) is 21.4 Å². The van der Waals surface area contributed by atoms with Gasteiger partial charge in [0, 0.05) is 6.07 Å². The van der Waals surface area contributed by atoms with E-state index in [1.165, 1.54) is 35.6 Å². The van der Waals surface area contributed by atoms with Crippen LogP contribution in [0.2, 0.25) is 0 Å². The van der Waals surface area contributed by atoms with Crippen molar-refractivity contribution < 1.29 is 30.5 Å². The lowest BCUT2D eigenvalue weighted by atomic mass is 10.2. The second-order valence-corrected chi connectivity index (χ2v) is 10.4. The highest BCUT2D eigenvalue weighted by Crippen LogP contribution is 2.27. The summed E-state index contributed by atoms with van der Waals surface area (Å²) < 4.78 is 66.0. The van der Waals surface area contributed by atoms with Gasteiger partial charge in [0.15, 0.2) is 0 Å². The molecule has 11 heteroatoms. The molecule has 27 heavy (non-hydrogen) atoms. The SMILES string of the molecule is CSc1sc2cc(S(=O)(=O)O)ccc2[n+]1C.Cc1ccc(S(=O)(=O)[O-])cc1. The molecule has 0 aliphatic carbocycles. The standard InChI is InChI=1S/C9H9NO3S3.C7H8O3S/c1-10-7-4-3-6(16(11,12)13)5-8(7)15-9(10)14-2;1-6-2-4-7(5-3-6)11(8,9)10/h3-5H,1-2H3;2-5H,1H3,(H,8,9,10). The monoisotopic (exact) mass is 447 g/mol. The Morgan fingerprint density at radius 2 is 1.59 bits per heavy atom. The normalized spacial score (nSPS) is 11.9. The van der Waals surface area contributed by atoms with E-state index in [4.69, 9.17) is 4.55 Å². The van der Waals surface area contributed by atoms with Crippen molar-refractivity contribution in [3.63, 3.8) is 0 Å². The van der Waals surface area contributed by atoms with Crippen LogP contribution in [-0.2, 0) is 27.3 Å². The Labute approximate surface area is 166 Å². The molecule has 2 aromatic carbocycles. The lowest BCUT2D eigenvalue weighted by molar-refractivity contribution is -0.676. The molecule has 0 saturated heterocycles. The molecule has 146 valence electrons. The molecule has 0 saturated carbocycles. The van der Waals surface area contributed by atoms with Gasteiger partial charge in [0.25, 0.3) is 14.5 Å². The highest BCUT2D eigenvalue weighted by molar-refractivity contribution is 8.00. The Bertz CT molecular complexity index is 1170. The molecule has 3 aromatic rings. The van der Waals surface area contributed by atoms with E-state index >= 15 is 0 Å². The molecule has 1 aromatic heterocycles. The molecule has 3 rings (SSSR count). The van der Waals surface area contributed by atoms with Crippen LogP contribution in [0.15, 0.2) is 56.6 Å². The number of nitrogens with zero attached hydrogens (tertiary/aromatic N) is 1. The van der Waals surface area contributed by atoms with Crippen LogP contribution >= 0.6 is 23.1 Å². The minimum atomic E-state index is -4.27. The zero-order chi connectivity index (χ0) is 20.4. The lowest BCUT2D eigenvalue weighted by Gasteiger charge is -2.05. The molecule has 0 amide bonds. The topological polar surface area (TPSA) is 115 Å². The first kappa shape index (κ1) is 21.8. The van der Waals surface area contributed by atoms with Crippen LogP contribution in [0.25, 0.3) is 10.2 Å². The molecule has 0 atom stereocenters. The first-order valence-electron chi connectivity index (χ1n) is 7.40. The minimum Gasteiger partial charge on any atom is -0.744 e. The van der Waals surface area contributed by atoms with Crippen molar-refractivity contribution in [3.8, 4) is 0 Å². The molecule has 0 fully saturated rings. The van der Waals surface area contributed by atoms with Crippen molar-refractivity contribution in [1.29, 1.82) is 0 Å². The summed E-state index contributed by atoms with van der Waals surface area (Å²) in [5, 5.41) is 0. The third-order valence-electron chi connectivity index (χ3n) is 3.55. The Kier molecular flexibility index (Phi) is 6.66. The summed E-state index contributed by atoms with van der Waals surface area (Å²) >= 11 is 3.11. The smallest absolute Gasteiger partial charge is 0.297 e. The van der Waals surface area contributed by atoms with Crippen molar-refractivity contribution in [3.05, 3.63) is 48.0 Å². The van der Waals surface area contributed by atoms with Crippen LogP contribution in [-0.4, -0.2) is 32.2 Å². The molecular formula is C16H17NO6S4. The number of thioether (sulfide) groups is 1. The van der Waals surface area contributed by atoms with Crippen LogP contribution in [0.4, 0.5) is 0 Å². The first-order valence-corrected chi connectivity index (χ1v) is 12.3. The average Bonchev–Trinajstić information content (AvgIpc) is 2.90. The maximum absolute atomic E-state index is 11.0. The summed E-state index contributed by atoms with van der Waals surface area (Å²) in [6, 6.07) is 10.4. The number of aryl methyl sites for hydroxylation is 2. The zero-order valence-corrected chi connectivity index (χ0v) is 17.9. The summed E-state index contributed by atoms with van der Waals surface area (Å²) in [4.78, 5) is -0.238. The van der Waals surface area contributed by atoms with Gasteiger partial charge in [-0.05, 0) is 49.2 Å². The zero-order valence-electron chi connectivity index (χ0n) is 14.6. The summed E-state index contributed by atoms with van der Waals surface area (Å²) in [6.45, 7) is 1.82. The van der Waals surface area contributed by atoms with E-state index in [0.29, 0.717) is 0 Å². The summed E-state index contributed by atoms with van der Waals surface area (Å²) in [6.07, 6.45) is 1.97. The molecule has 0 aliphatic rings. The van der Waals surface area contributed by atoms with E-state index in [1.807, 2.05) is 24.8 Å². The average molecular weight is 448 g/mol. The summed E-state index contributed by atoms with van der Waals surface area (Å²) in [5.41, 5.74) is 1.89. The van der Waals surface area contributed by atoms with Crippen molar-refractivity contribution in [1.82, 2.24) is 0 Å². The molecule has 0 radical (unpaired) electrons. The third kappa shape index (κ3) is 5.50. The van der Waals surface area contributed by atoms with Gasteiger partial charge in [-0.1, -0.05) is 29.0 Å². The van der Waals surface area contributed by atoms with Crippen molar-refractivity contribution >= 4 is 53.6 Å². The van der Waals surface area contributed by atoms with Gasteiger partial charge in [0.2, 0.25) is 5.52 Å². The van der Waals surface area contributed by atoms with E-state index in [-0.39, 0.29) is 9.79 Å². The van der Waals surface area contributed by atoms with Gasteiger partial charge in [-0.15, -0.1) is 0 Å².